The first-order chi connectivity index (χ1) is 8.59. The minimum Gasteiger partial charge on any atom is -0.382 e. The summed E-state index contributed by atoms with van der Waals surface area (Å²) in [5.74, 6) is 1.90. The number of hydrogen-bond donors (Lipinski definition) is 2. The molecule has 2 rings (SSSR count). The summed E-state index contributed by atoms with van der Waals surface area (Å²) >= 11 is 6.03. The summed E-state index contributed by atoms with van der Waals surface area (Å²) in [5.41, 5.74) is 5.63. The van der Waals surface area contributed by atoms with Crippen molar-refractivity contribution in [2.45, 2.75) is 26.4 Å². The molecule has 100 valence electrons. The van der Waals surface area contributed by atoms with Crippen LogP contribution in [0.1, 0.15) is 20.3 Å². The zero-order valence-corrected chi connectivity index (χ0v) is 11.4. The lowest BCUT2D eigenvalue weighted by Gasteiger charge is -2.22. The molecule has 6 heteroatoms. The molecule has 0 radical (unpaired) electrons. The standard InChI is InChI=1S/C12H19ClN4O/c1-7(2)10-8(3-4-18-10)5-15-12-9(13)11(14)16-6-17-12/h6-8,10H,3-5H2,1-2H3,(H3,14,15,16,17)/t8-,10-/m1/s1. The normalized spacial score (nSPS) is 23.6. The van der Waals surface area contributed by atoms with Crippen molar-refractivity contribution in [3.8, 4) is 0 Å². The van der Waals surface area contributed by atoms with Gasteiger partial charge in [-0.2, -0.15) is 0 Å². The lowest BCUT2D eigenvalue weighted by molar-refractivity contribution is 0.0566. The minimum absolute atomic E-state index is 0.301. The van der Waals surface area contributed by atoms with Crippen LogP contribution in [-0.2, 0) is 4.74 Å². The van der Waals surface area contributed by atoms with Crippen LogP contribution in [0.2, 0.25) is 5.02 Å². The minimum atomic E-state index is 0.301. The Kier molecular flexibility index (Phi) is 4.24. The summed E-state index contributed by atoms with van der Waals surface area (Å²) in [4.78, 5) is 7.93. The molecule has 0 bridgehead atoms. The van der Waals surface area contributed by atoms with Crippen LogP contribution in [0.15, 0.2) is 6.33 Å². The third-order valence-electron chi connectivity index (χ3n) is 3.27. The quantitative estimate of drug-likeness (QED) is 0.877. The summed E-state index contributed by atoms with van der Waals surface area (Å²) in [7, 11) is 0. The Bertz CT molecular complexity index is 413. The van der Waals surface area contributed by atoms with E-state index in [0.717, 1.165) is 19.6 Å². The first-order valence-corrected chi connectivity index (χ1v) is 6.59. The zero-order chi connectivity index (χ0) is 13.1. The van der Waals surface area contributed by atoms with Gasteiger partial charge >= 0.3 is 0 Å². The van der Waals surface area contributed by atoms with E-state index in [2.05, 4.69) is 29.1 Å². The molecule has 5 nitrogen and oxygen atoms in total. The van der Waals surface area contributed by atoms with Gasteiger partial charge in [0.25, 0.3) is 0 Å². The van der Waals surface area contributed by atoms with E-state index in [1.807, 2.05) is 0 Å². The topological polar surface area (TPSA) is 73.1 Å². The Hall–Kier alpha value is -1.07. The highest BCUT2D eigenvalue weighted by Crippen LogP contribution is 2.28. The second-order valence-electron chi connectivity index (χ2n) is 4.93. The molecule has 2 heterocycles. The van der Waals surface area contributed by atoms with Crippen molar-refractivity contribution in [2.24, 2.45) is 11.8 Å². The van der Waals surface area contributed by atoms with Crippen LogP contribution >= 0.6 is 11.6 Å². The molecule has 18 heavy (non-hydrogen) atoms. The SMILES string of the molecule is CC(C)[C@H]1OCC[C@@H]1CNc1ncnc(N)c1Cl. The van der Waals surface area contributed by atoms with Gasteiger partial charge in [-0.1, -0.05) is 25.4 Å². The molecule has 0 unspecified atom stereocenters. The third-order valence-corrected chi connectivity index (χ3v) is 3.64. The van der Waals surface area contributed by atoms with E-state index in [0.29, 0.717) is 34.6 Å². The van der Waals surface area contributed by atoms with E-state index in [4.69, 9.17) is 22.1 Å². The highest BCUT2D eigenvalue weighted by Gasteiger charge is 2.30. The van der Waals surface area contributed by atoms with Gasteiger partial charge in [0, 0.05) is 19.1 Å². The van der Waals surface area contributed by atoms with E-state index < -0.39 is 0 Å². The van der Waals surface area contributed by atoms with Crippen molar-refractivity contribution in [3.63, 3.8) is 0 Å². The zero-order valence-electron chi connectivity index (χ0n) is 10.7. The Morgan fingerprint density at radius 3 is 3.06 bits per heavy atom. The van der Waals surface area contributed by atoms with Crippen LogP contribution in [0.3, 0.4) is 0 Å². The van der Waals surface area contributed by atoms with Gasteiger partial charge in [-0.05, 0) is 12.3 Å². The van der Waals surface area contributed by atoms with Gasteiger partial charge in [0.05, 0.1) is 6.10 Å². The fraction of sp³-hybridized carbons (Fsp3) is 0.667. The first kappa shape index (κ1) is 13.4. The number of nitrogens with two attached hydrogens (primary N) is 1. The highest BCUT2D eigenvalue weighted by atomic mass is 35.5. The molecule has 0 spiro atoms. The summed E-state index contributed by atoms with van der Waals surface area (Å²) in [6.07, 6.45) is 2.78. The summed E-state index contributed by atoms with van der Waals surface area (Å²) in [6.45, 7) is 5.98. The van der Waals surface area contributed by atoms with Gasteiger partial charge < -0.3 is 15.8 Å². The number of ether oxygens (including phenoxy) is 1. The Morgan fingerprint density at radius 1 is 1.56 bits per heavy atom. The van der Waals surface area contributed by atoms with Gasteiger partial charge in [0.2, 0.25) is 0 Å². The van der Waals surface area contributed by atoms with Crippen LogP contribution in [-0.4, -0.2) is 29.2 Å². The number of rotatable bonds is 4. The Labute approximate surface area is 112 Å². The number of nitrogens with zero attached hydrogens (tertiary/aromatic N) is 2. The number of nitrogen functional groups attached to an aromatic ring is 1. The number of aromatic nitrogens is 2. The molecule has 0 aliphatic carbocycles. The van der Waals surface area contributed by atoms with Gasteiger partial charge in [-0.3, -0.25) is 0 Å². The molecule has 1 aliphatic rings. The molecule has 0 aromatic carbocycles. The summed E-state index contributed by atoms with van der Waals surface area (Å²) < 4.78 is 5.74. The molecule has 3 N–H and O–H groups in total. The molecule has 1 aliphatic heterocycles. The van der Waals surface area contributed by atoms with E-state index >= 15 is 0 Å². The molecule has 1 aromatic rings. The molecular formula is C12H19ClN4O. The molecule has 1 fully saturated rings. The number of hydrogen-bond acceptors (Lipinski definition) is 5. The Balaban J connectivity index is 1.97. The molecule has 0 amide bonds. The summed E-state index contributed by atoms with van der Waals surface area (Å²) in [5, 5.41) is 3.62. The maximum atomic E-state index is 6.03. The molecule has 1 saturated heterocycles. The van der Waals surface area contributed by atoms with Crippen molar-refractivity contribution in [1.29, 1.82) is 0 Å². The van der Waals surface area contributed by atoms with Gasteiger partial charge in [-0.15, -0.1) is 0 Å². The van der Waals surface area contributed by atoms with Crippen LogP contribution in [0.5, 0.6) is 0 Å². The van der Waals surface area contributed by atoms with Crippen LogP contribution in [0.25, 0.3) is 0 Å². The largest absolute Gasteiger partial charge is 0.382 e. The maximum Gasteiger partial charge on any atom is 0.150 e. The van der Waals surface area contributed by atoms with Crippen molar-refractivity contribution >= 4 is 23.2 Å². The Morgan fingerprint density at radius 2 is 2.33 bits per heavy atom. The smallest absolute Gasteiger partial charge is 0.150 e. The van der Waals surface area contributed by atoms with Gasteiger partial charge in [0.1, 0.15) is 23.0 Å². The van der Waals surface area contributed by atoms with Crippen LogP contribution in [0.4, 0.5) is 11.6 Å². The van der Waals surface area contributed by atoms with Crippen molar-refractivity contribution < 1.29 is 4.74 Å². The first-order valence-electron chi connectivity index (χ1n) is 6.21. The lowest BCUT2D eigenvalue weighted by Crippen LogP contribution is -2.28. The number of anilines is 2. The van der Waals surface area contributed by atoms with E-state index in [9.17, 15) is 0 Å². The molecule has 0 saturated carbocycles. The fourth-order valence-corrected chi connectivity index (χ4v) is 2.51. The predicted octanol–water partition coefficient (Wildman–Crippen LogP) is 2.19. The monoisotopic (exact) mass is 270 g/mol. The molecular weight excluding hydrogens is 252 g/mol. The second-order valence-corrected chi connectivity index (χ2v) is 5.31. The van der Waals surface area contributed by atoms with E-state index in [-0.39, 0.29) is 0 Å². The maximum absolute atomic E-state index is 6.03. The van der Waals surface area contributed by atoms with Gasteiger partial charge in [0.15, 0.2) is 0 Å². The van der Waals surface area contributed by atoms with Crippen molar-refractivity contribution in [1.82, 2.24) is 9.97 Å². The average Bonchev–Trinajstić information content (AvgIpc) is 2.79. The van der Waals surface area contributed by atoms with Gasteiger partial charge in [-0.25, -0.2) is 9.97 Å². The third kappa shape index (κ3) is 2.84. The summed E-state index contributed by atoms with van der Waals surface area (Å²) in [6, 6.07) is 0. The van der Waals surface area contributed by atoms with E-state index in [1.54, 1.807) is 0 Å². The molecule has 2 atom stereocenters. The van der Waals surface area contributed by atoms with Crippen LogP contribution < -0.4 is 11.1 Å². The highest BCUT2D eigenvalue weighted by molar-refractivity contribution is 6.35. The number of halogens is 1. The van der Waals surface area contributed by atoms with Crippen LogP contribution in [0, 0.1) is 11.8 Å². The average molecular weight is 271 g/mol. The lowest BCUT2D eigenvalue weighted by atomic mass is 9.93. The fourth-order valence-electron chi connectivity index (χ4n) is 2.35. The van der Waals surface area contributed by atoms with Crippen molar-refractivity contribution in [3.05, 3.63) is 11.3 Å². The number of nitrogens with one attached hydrogen (secondary N) is 1. The predicted molar refractivity (Wildman–Crippen MR) is 72.6 cm³/mol. The van der Waals surface area contributed by atoms with Crippen molar-refractivity contribution in [2.75, 3.05) is 24.2 Å². The molecule has 1 aromatic heterocycles. The second kappa shape index (κ2) is 5.71. The van der Waals surface area contributed by atoms with E-state index in [1.165, 1.54) is 6.33 Å².